The number of carboxylic acids is 1. The van der Waals surface area contributed by atoms with Crippen LogP contribution in [0.3, 0.4) is 0 Å². The number of hydrogen-bond acceptors (Lipinski definition) is 3. The first kappa shape index (κ1) is 16.2. The zero-order valence-electron chi connectivity index (χ0n) is 11.6. The number of benzene rings is 1. The van der Waals surface area contributed by atoms with Gasteiger partial charge in [-0.25, -0.2) is 9.59 Å². The molecule has 0 saturated carbocycles. The summed E-state index contributed by atoms with van der Waals surface area (Å²) in [5, 5.41) is 13.6. The molecular formula is C14H17N3O4. The number of primary amides is 1. The number of carbonyl (C=O) groups is 3. The van der Waals surface area contributed by atoms with Gasteiger partial charge in [0.15, 0.2) is 0 Å². The normalized spacial score (nSPS) is 10.3. The second-order valence-electron chi connectivity index (χ2n) is 4.29. The lowest BCUT2D eigenvalue weighted by molar-refractivity contribution is -0.131. The van der Waals surface area contributed by atoms with Crippen molar-refractivity contribution in [3.8, 4) is 0 Å². The predicted octanol–water partition coefficient (Wildman–Crippen LogP) is 0.491. The maximum atomic E-state index is 11.9. The van der Waals surface area contributed by atoms with Gasteiger partial charge in [0.1, 0.15) is 0 Å². The molecule has 0 saturated heterocycles. The number of urea groups is 1. The number of nitrogens with one attached hydrogen (secondary N) is 2. The van der Waals surface area contributed by atoms with Gasteiger partial charge >= 0.3 is 12.0 Å². The zero-order chi connectivity index (χ0) is 15.8. The third-order valence-electron chi connectivity index (χ3n) is 2.65. The molecule has 1 aromatic carbocycles. The molecule has 5 N–H and O–H groups in total. The number of aliphatic carboxylic acids is 1. The highest BCUT2D eigenvalue weighted by molar-refractivity contribution is 5.95. The fraction of sp³-hybridized carbons (Fsp3) is 0.214. The van der Waals surface area contributed by atoms with Crippen LogP contribution < -0.4 is 16.4 Å². The first-order valence-electron chi connectivity index (χ1n) is 6.23. The van der Waals surface area contributed by atoms with Crippen molar-refractivity contribution in [3.05, 3.63) is 41.0 Å². The van der Waals surface area contributed by atoms with Gasteiger partial charge in [0.2, 0.25) is 0 Å². The van der Waals surface area contributed by atoms with E-state index < -0.39 is 12.0 Å². The van der Waals surface area contributed by atoms with E-state index in [0.29, 0.717) is 5.56 Å². The molecule has 0 bridgehead atoms. The highest BCUT2D eigenvalue weighted by Gasteiger charge is 2.06. The van der Waals surface area contributed by atoms with Crippen LogP contribution in [0.15, 0.2) is 24.3 Å². The van der Waals surface area contributed by atoms with Crippen LogP contribution in [0.2, 0.25) is 0 Å². The van der Waals surface area contributed by atoms with Crippen molar-refractivity contribution < 1.29 is 19.5 Å². The maximum absolute atomic E-state index is 11.9. The van der Waals surface area contributed by atoms with E-state index in [1.165, 1.54) is 6.08 Å². The van der Waals surface area contributed by atoms with Crippen LogP contribution in [0, 0.1) is 6.92 Å². The largest absolute Gasteiger partial charge is 0.478 e. The van der Waals surface area contributed by atoms with Crippen LogP contribution in [-0.2, 0) is 4.79 Å². The number of amides is 3. The van der Waals surface area contributed by atoms with Crippen LogP contribution in [0.4, 0.5) is 4.79 Å². The maximum Gasteiger partial charge on any atom is 0.328 e. The summed E-state index contributed by atoms with van der Waals surface area (Å²) in [6.45, 7) is 2.30. The second-order valence-corrected chi connectivity index (χ2v) is 4.29. The highest BCUT2D eigenvalue weighted by atomic mass is 16.4. The summed E-state index contributed by atoms with van der Waals surface area (Å²) in [6.07, 6.45) is 2.51. The Morgan fingerprint density at radius 1 is 1.24 bits per heavy atom. The summed E-state index contributed by atoms with van der Waals surface area (Å²) in [6, 6.07) is 4.30. The van der Waals surface area contributed by atoms with E-state index in [1.807, 2.05) is 0 Å². The molecule has 0 spiro atoms. The molecule has 0 heterocycles. The fourth-order valence-electron chi connectivity index (χ4n) is 1.63. The van der Waals surface area contributed by atoms with Gasteiger partial charge < -0.3 is 21.5 Å². The minimum atomic E-state index is -1.03. The van der Waals surface area contributed by atoms with Gasteiger partial charge in [-0.15, -0.1) is 0 Å². The van der Waals surface area contributed by atoms with E-state index in [4.69, 9.17) is 10.8 Å². The van der Waals surface area contributed by atoms with Gasteiger partial charge in [-0.05, 0) is 36.3 Å². The first-order valence-corrected chi connectivity index (χ1v) is 6.23. The monoisotopic (exact) mass is 291 g/mol. The van der Waals surface area contributed by atoms with Gasteiger partial charge in [-0.1, -0.05) is 6.07 Å². The molecule has 3 amide bonds. The lowest BCUT2D eigenvalue weighted by Gasteiger charge is -2.07. The Bertz CT molecular complexity index is 582. The van der Waals surface area contributed by atoms with Gasteiger partial charge in [0.05, 0.1) is 0 Å². The fourth-order valence-corrected chi connectivity index (χ4v) is 1.63. The van der Waals surface area contributed by atoms with E-state index in [1.54, 1.807) is 25.1 Å². The zero-order valence-corrected chi connectivity index (χ0v) is 11.6. The Morgan fingerprint density at radius 3 is 2.48 bits per heavy atom. The van der Waals surface area contributed by atoms with Crippen LogP contribution >= 0.6 is 0 Å². The van der Waals surface area contributed by atoms with Gasteiger partial charge in [-0.2, -0.15) is 0 Å². The molecule has 0 unspecified atom stereocenters. The van der Waals surface area contributed by atoms with Crippen LogP contribution in [0.1, 0.15) is 21.5 Å². The number of rotatable bonds is 6. The lowest BCUT2D eigenvalue weighted by atomic mass is 10.0. The van der Waals surface area contributed by atoms with Crippen molar-refractivity contribution in [2.75, 3.05) is 13.1 Å². The van der Waals surface area contributed by atoms with Crippen molar-refractivity contribution >= 4 is 24.0 Å². The standard InChI is InChI=1S/C14H17N3O4/c1-9-8-11(3-2-10(9)4-5-12(18)19)13(20)16-6-7-17-14(15)21/h2-5,8H,6-7H2,1H3,(H,16,20)(H,18,19)(H3,15,17,21)/b5-4+. The number of carbonyl (C=O) groups excluding carboxylic acids is 2. The summed E-state index contributed by atoms with van der Waals surface area (Å²) in [5.41, 5.74) is 6.87. The third-order valence-corrected chi connectivity index (χ3v) is 2.65. The summed E-state index contributed by atoms with van der Waals surface area (Å²) < 4.78 is 0. The number of nitrogens with two attached hydrogens (primary N) is 1. The molecule has 0 radical (unpaired) electrons. The SMILES string of the molecule is Cc1cc(C(=O)NCCNC(N)=O)ccc1/C=C/C(=O)O. The molecule has 0 fully saturated rings. The van der Waals surface area contributed by atoms with Crippen LogP contribution in [0.25, 0.3) is 6.08 Å². The molecule has 1 aromatic rings. The van der Waals surface area contributed by atoms with Crippen molar-refractivity contribution in [2.45, 2.75) is 6.92 Å². The van der Waals surface area contributed by atoms with Crippen molar-refractivity contribution in [2.24, 2.45) is 5.73 Å². The minimum absolute atomic E-state index is 0.249. The molecule has 112 valence electrons. The van der Waals surface area contributed by atoms with Gasteiger partial charge in [0.25, 0.3) is 5.91 Å². The highest BCUT2D eigenvalue weighted by Crippen LogP contribution is 2.12. The molecular weight excluding hydrogens is 274 g/mol. The number of aryl methyl sites for hydroxylation is 1. The number of hydrogen-bond donors (Lipinski definition) is 4. The first-order chi connectivity index (χ1) is 9.90. The van der Waals surface area contributed by atoms with E-state index in [-0.39, 0.29) is 19.0 Å². The minimum Gasteiger partial charge on any atom is -0.478 e. The van der Waals surface area contributed by atoms with E-state index in [2.05, 4.69) is 10.6 Å². The Labute approximate surface area is 121 Å². The third kappa shape index (κ3) is 5.77. The summed E-state index contributed by atoms with van der Waals surface area (Å²) in [7, 11) is 0. The lowest BCUT2D eigenvalue weighted by Crippen LogP contribution is -2.37. The molecule has 0 aliphatic heterocycles. The van der Waals surface area contributed by atoms with Gasteiger partial charge in [-0.3, -0.25) is 4.79 Å². The van der Waals surface area contributed by atoms with E-state index in [9.17, 15) is 14.4 Å². The molecule has 0 atom stereocenters. The van der Waals surface area contributed by atoms with Crippen molar-refractivity contribution in [1.29, 1.82) is 0 Å². The topological polar surface area (TPSA) is 122 Å². The molecule has 21 heavy (non-hydrogen) atoms. The Kier molecular flexibility index (Phi) is 5.94. The molecule has 0 aromatic heterocycles. The van der Waals surface area contributed by atoms with E-state index >= 15 is 0 Å². The predicted molar refractivity (Wildman–Crippen MR) is 77.8 cm³/mol. The van der Waals surface area contributed by atoms with E-state index in [0.717, 1.165) is 17.2 Å². The number of carboxylic acid groups (broad SMARTS) is 1. The Hall–Kier alpha value is -2.83. The van der Waals surface area contributed by atoms with Gasteiger partial charge in [0, 0.05) is 24.7 Å². The summed E-state index contributed by atoms with van der Waals surface area (Å²) >= 11 is 0. The summed E-state index contributed by atoms with van der Waals surface area (Å²) in [5.74, 6) is -1.31. The molecule has 0 aliphatic rings. The molecule has 0 aliphatic carbocycles. The molecule has 1 rings (SSSR count). The van der Waals surface area contributed by atoms with Crippen molar-refractivity contribution in [3.63, 3.8) is 0 Å². The average molecular weight is 291 g/mol. The van der Waals surface area contributed by atoms with Crippen LogP contribution in [0.5, 0.6) is 0 Å². The molecule has 7 nitrogen and oxygen atoms in total. The Morgan fingerprint density at radius 2 is 1.90 bits per heavy atom. The Balaban J connectivity index is 2.63. The molecule has 7 heteroatoms. The van der Waals surface area contributed by atoms with Crippen molar-refractivity contribution in [1.82, 2.24) is 10.6 Å². The second kappa shape index (κ2) is 7.68. The quantitative estimate of drug-likeness (QED) is 0.450. The van der Waals surface area contributed by atoms with Crippen LogP contribution in [-0.4, -0.2) is 36.1 Å². The average Bonchev–Trinajstić information content (AvgIpc) is 2.41. The smallest absolute Gasteiger partial charge is 0.328 e. The summed E-state index contributed by atoms with van der Waals surface area (Å²) in [4.78, 5) is 32.8.